The molecule has 0 unspecified atom stereocenters. The normalized spacial score (nSPS) is 14.5. The van der Waals surface area contributed by atoms with Gasteiger partial charge in [-0.05, 0) is 49.2 Å². The number of aryl methyl sites for hydroxylation is 1. The van der Waals surface area contributed by atoms with Gasteiger partial charge in [0.2, 0.25) is 0 Å². The van der Waals surface area contributed by atoms with Crippen molar-refractivity contribution in [3.05, 3.63) is 153 Å². The fraction of sp³-hybridized carbons (Fsp3) is 0.0938. The third-order valence-electron chi connectivity index (χ3n) is 6.96. The summed E-state index contributed by atoms with van der Waals surface area (Å²) in [4.78, 5) is 63.6. The molecule has 5 aromatic rings. The van der Waals surface area contributed by atoms with Crippen molar-refractivity contribution >= 4 is 46.5 Å². The topological polar surface area (TPSA) is 152 Å². The molecule has 3 heterocycles. The lowest BCUT2D eigenvalue weighted by Gasteiger charge is -2.25. The van der Waals surface area contributed by atoms with Crippen LogP contribution >= 0.6 is 23.1 Å². The van der Waals surface area contributed by atoms with E-state index >= 15 is 0 Å². The number of carbonyl (C=O) groups excluding carboxylic acids is 1. The lowest BCUT2D eigenvalue weighted by molar-refractivity contribution is -0.384. The maximum absolute atomic E-state index is 14.1. The van der Waals surface area contributed by atoms with Crippen molar-refractivity contribution in [1.29, 1.82) is 0 Å². The molecule has 2 N–H and O–H groups in total. The Morgan fingerprint density at radius 3 is 2.44 bits per heavy atom. The molecule has 1 aliphatic heterocycles. The molecule has 224 valence electrons. The van der Waals surface area contributed by atoms with Crippen LogP contribution in [0.1, 0.15) is 29.8 Å². The number of aromatic nitrogens is 3. The van der Waals surface area contributed by atoms with E-state index in [1.165, 1.54) is 22.8 Å². The van der Waals surface area contributed by atoms with E-state index in [0.717, 1.165) is 28.7 Å². The van der Waals surface area contributed by atoms with Crippen molar-refractivity contribution in [2.45, 2.75) is 29.9 Å². The maximum Gasteiger partial charge on any atom is 0.271 e. The lowest BCUT2D eigenvalue weighted by atomic mass is 9.95. The van der Waals surface area contributed by atoms with Crippen LogP contribution in [0.15, 0.2) is 121 Å². The predicted molar refractivity (Wildman–Crippen MR) is 172 cm³/mol. The van der Waals surface area contributed by atoms with Gasteiger partial charge in [-0.2, -0.15) is 0 Å². The zero-order valence-electron chi connectivity index (χ0n) is 23.9. The van der Waals surface area contributed by atoms with E-state index in [1.807, 2.05) is 48.5 Å². The van der Waals surface area contributed by atoms with Crippen LogP contribution in [-0.2, 0) is 4.79 Å². The van der Waals surface area contributed by atoms with Crippen molar-refractivity contribution in [1.82, 2.24) is 14.5 Å². The molecule has 0 bridgehead atoms. The summed E-state index contributed by atoms with van der Waals surface area (Å²) in [6, 6.07) is 23.1. The second-order valence-corrected chi connectivity index (χ2v) is 12.1. The Bertz CT molecular complexity index is 2240. The van der Waals surface area contributed by atoms with E-state index in [1.54, 1.807) is 38.1 Å². The highest BCUT2D eigenvalue weighted by atomic mass is 32.2. The summed E-state index contributed by atoms with van der Waals surface area (Å²) in [7, 11) is 0. The van der Waals surface area contributed by atoms with Gasteiger partial charge >= 0.3 is 0 Å². The molecule has 0 aliphatic carbocycles. The van der Waals surface area contributed by atoms with E-state index in [0.29, 0.717) is 43.1 Å². The number of carbonyl (C=O) groups is 1. The lowest BCUT2D eigenvalue weighted by Crippen LogP contribution is -2.40. The number of nitrogens with zero attached hydrogens (tertiary/aromatic N) is 4. The van der Waals surface area contributed by atoms with E-state index in [4.69, 9.17) is 0 Å². The first kappa shape index (κ1) is 29.7. The molecule has 0 spiro atoms. The fourth-order valence-electron chi connectivity index (χ4n) is 4.98. The highest BCUT2D eigenvalue weighted by molar-refractivity contribution is 7.99. The third-order valence-corrected chi connectivity index (χ3v) is 8.92. The van der Waals surface area contributed by atoms with Crippen molar-refractivity contribution in [2.75, 3.05) is 5.32 Å². The number of amides is 1. The van der Waals surface area contributed by atoms with Crippen LogP contribution in [0.2, 0.25) is 0 Å². The van der Waals surface area contributed by atoms with Crippen molar-refractivity contribution < 1.29 is 9.72 Å². The number of benzene rings is 3. The predicted octanol–water partition coefficient (Wildman–Crippen LogP) is 4.33. The van der Waals surface area contributed by atoms with Gasteiger partial charge in [0.25, 0.3) is 22.7 Å². The molecule has 1 aliphatic rings. The van der Waals surface area contributed by atoms with Gasteiger partial charge in [-0.1, -0.05) is 71.6 Å². The number of nitrogens with one attached hydrogen (secondary N) is 2. The van der Waals surface area contributed by atoms with Crippen LogP contribution in [0.3, 0.4) is 0 Å². The quantitative estimate of drug-likeness (QED) is 0.153. The minimum Gasteiger partial charge on any atom is -0.322 e. The van der Waals surface area contributed by atoms with Crippen LogP contribution in [0.5, 0.6) is 0 Å². The van der Waals surface area contributed by atoms with Gasteiger partial charge in [-0.25, -0.2) is 9.98 Å². The molecule has 0 radical (unpaired) electrons. The Kier molecular flexibility index (Phi) is 8.11. The van der Waals surface area contributed by atoms with E-state index in [-0.39, 0.29) is 21.7 Å². The molecular weight excluding hydrogens is 613 g/mol. The van der Waals surface area contributed by atoms with E-state index in [9.17, 15) is 24.5 Å². The zero-order chi connectivity index (χ0) is 31.7. The maximum atomic E-state index is 14.1. The molecular formula is C32H24N6O5S2. The van der Waals surface area contributed by atoms with Gasteiger partial charge < -0.3 is 10.3 Å². The van der Waals surface area contributed by atoms with Crippen LogP contribution in [0.25, 0.3) is 6.08 Å². The Morgan fingerprint density at radius 2 is 1.76 bits per heavy atom. The van der Waals surface area contributed by atoms with Gasteiger partial charge in [-0.15, -0.1) is 0 Å². The molecule has 0 fully saturated rings. The van der Waals surface area contributed by atoms with Crippen LogP contribution in [0, 0.1) is 17.0 Å². The van der Waals surface area contributed by atoms with Crippen molar-refractivity contribution in [3.8, 4) is 0 Å². The molecule has 0 saturated carbocycles. The number of nitro benzene ring substituents is 1. The standard InChI is InChI=1S/C32H24N6O5S2/c1-18-15-26(39)36-31(33-18)44-24-14-13-23(38(42)43)16-21(24)17-25-30(41)37-28(20-9-5-3-6-10-20)27(19(2)34-32(37)45-25)29(40)35-22-11-7-4-8-12-22/h3-17,28H,1-2H3,(H,35,40)(H,33,36,39)/b25-17+/t28-/m1/s1. The number of non-ortho nitro benzene ring substituents is 1. The summed E-state index contributed by atoms with van der Waals surface area (Å²) < 4.78 is 1.75. The Morgan fingerprint density at radius 1 is 1.04 bits per heavy atom. The van der Waals surface area contributed by atoms with Crippen molar-refractivity contribution in [3.63, 3.8) is 0 Å². The fourth-order valence-corrected chi connectivity index (χ4v) is 6.94. The summed E-state index contributed by atoms with van der Waals surface area (Å²) in [6.07, 6.45) is 1.57. The average Bonchev–Trinajstić information content (AvgIpc) is 3.31. The summed E-state index contributed by atoms with van der Waals surface area (Å²) in [5.41, 5.74) is 2.11. The SMILES string of the molecule is CC1=C(C(=O)Nc2ccccc2)[C@@H](c2ccccc2)n2c(s/c(=C/c3cc([N+](=O)[O-])ccc3Sc3nc(C)cc(=O)[nH]3)c2=O)=N1. The minimum atomic E-state index is -0.770. The van der Waals surface area contributed by atoms with Gasteiger partial charge in [0.15, 0.2) is 9.96 Å². The number of allylic oxidation sites excluding steroid dienone is 1. The van der Waals surface area contributed by atoms with Crippen LogP contribution in [-0.4, -0.2) is 25.4 Å². The molecule has 3 aromatic carbocycles. The number of thiazole rings is 1. The summed E-state index contributed by atoms with van der Waals surface area (Å²) in [5.74, 6) is -0.386. The van der Waals surface area contributed by atoms with Gasteiger partial charge in [0.05, 0.1) is 26.8 Å². The summed E-state index contributed by atoms with van der Waals surface area (Å²) >= 11 is 2.24. The highest BCUT2D eigenvalue weighted by Gasteiger charge is 2.32. The zero-order valence-corrected chi connectivity index (χ0v) is 25.5. The first-order chi connectivity index (χ1) is 21.7. The molecule has 1 atom stereocenters. The average molecular weight is 637 g/mol. The molecule has 0 saturated heterocycles. The summed E-state index contributed by atoms with van der Waals surface area (Å²) in [6.45, 7) is 3.42. The Balaban J connectivity index is 1.50. The van der Waals surface area contributed by atoms with Gasteiger partial charge in [-0.3, -0.25) is 29.1 Å². The van der Waals surface area contributed by atoms with E-state index < -0.39 is 16.5 Å². The number of nitro groups is 1. The third kappa shape index (κ3) is 6.16. The Hall–Kier alpha value is -5.40. The molecule has 13 heteroatoms. The second-order valence-electron chi connectivity index (χ2n) is 10.1. The number of aromatic amines is 1. The van der Waals surface area contributed by atoms with Crippen molar-refractivity contribution in [2.24, 2.45) is 4.99 Å². The van der Waals surface area contributed by atoms with Gasteiger partial charge in [0.1, 0.15) is 0 Å². The Labute approximate surface area is 263 Å². The first-order valence-electron chi connectivity index (χ1n) is 13.7. The van der Waals surface area contributed by atoms with E-state index in [2.05, 4.69) is 20.3 Å². The largest absolute Gasteiger partial charge is 0.322 e. The number of H-pyrrole nitrogens is 1. The molecule has 6 rings (SSSR count). The summed E-state index contributed by atoms with van der Waals surface area (Å²) in [5, 5.41) is 14.9. The van der Waals surface area contributed by atoms with Crippen LogP contribution < -0.4 is 25.8 Å². The molecule has 1 amide bonds. The highest BCUT2D eigenvalue weighted by Crippen LogP contribution is 2.32. The van der Waals surface area contributed by atoms with Gasteiger partial charge in [0, 0.05) is 34.5 Å². The number of para-hydroxylation sites is 1. The number of hydrogen-bond acceptors (Lipinski definition) is 9. The minimum absolute atomic E-state index is 0.165. The number of anilines is 1. The smallest absolute Gasteiger partial charge is 0.271 e. The second kappa shape index (κ2) is 12.3. The number of hydrogen-bond donors (Lipinski definition) is 2. The van der Waals surface area contributed by atoms with Crippen LogP contribution in [0.4, 0.5) is 11.4 Å². The molecule has 2 aromatic heterocycles. The monoisotopic (exact) mass is 636 g/mol. The number of rotatable bonds is 7. The molecule has 11 nitrogen and oxygen atoms in total. The molecule has 45 heavy (non-hydrogen) atoms. The first-order valence-corrected chi connectivity index (χ1v) is 15.3. The number of fused-ring (bicyclic) bond motifs is 1.